The molecule has 0 radical (unpaired) electrons. The van der Waals surface area contributed by atoms with E-state index < -0.39 is 23.6 Å². The topological polar surface area (TPSA) is 61.8 Å². The molecular formula is C22H32F2O5. The van der Waals surface area contributed by atoms with Crippen molar-refractivity contribution >= 4 is 11.9 Å². The first-order valence-electron chi connectivity index (χ1n) is 11.0. The first-order valence-corrected chi connectivity index (χ1v) is 11.0. The molecule has 5 aliphatic rings. The lowest BCUT2D eigenvalue weighted by atomic mass is 9.53. The monoisotopic (exact) mass is 414 g/mol. The standard InChI is InChI=1S/C22H32F2O5/c1-20(6-4-3-5-7-20)29-17(25)13-27-22-10-14-8-15(11-22)18(16(9-14)12-22)28-19(26)21(2,23)24/h14-16,18H,3-13H2,1-2H3. The third-order valence-electron chi connectivity index (χ3n) is 7.50. The van der Waals surface area contributed by atoms with Gasteiger partial charge >= 0.3 is 17.9 Å². The van der Waals surface area contributed by atoms with E-state index >= 15 is 0 Å². The second kappa shape index (κ2) is 7.47. The summed E-state index contributed by atoms with van der Waals surface area (Å²) in [4.78, 5) is 24.1. The molecule has 0 amide bonds. The highest BCUT2D eigenvalue weighted by molar-refractivity contribution is 5.77. The molecule has 0 aliphatic heterocycles. The van der Waals surface area contributed by atoms with Gasteiger partial charge in [0.25, 0.3) is 0 Å². The summed E-state index contributed by atoms with van der Waals surface area (Å²) in [6.07, 6.45) is 8.60. The van der Waals surface area contributed by atoms with E-state index in [2.05, 4.69) is 0 Å². The number of carbonyl (C=O) groups excluding carboxylic acids is 2. The van der Waals surface area contributed by atoms with Gasteiger partial charge in [-0.25, -0.2) is 9.59 Å². The van der Waals surface area contributed by atoms with Gasteiger partial charge in [-0.15, -0.1) is 0 Å². The number of hydrogen-bond donors (Lipinski definition) is 0. The normalized spacial score (nSPS) is 37.9. The van der Waals surface area contributed by atoms with Gasteiger partial charge in [-0.2, -0.15) is 8.78 Å². The number of halogens is 2. The van der Waals surface area contributed by atoms with Crippen molar-refractivity contribution in [3.63, 3.8) is 0 Å². The Morgan fingerprint density at radius 1 is 1.03 bits per heavy atom. The summed E-state index contributed by atoms with van der Waals surface area (Å²) in [7, 11) is 0. The van der Waals surface area contributed by atoms with E-state index in [0.29, 0.717) is 25.7 Å². The highest BCUT2D eigenvalue weighted by Gasteiger charge is 2.58. The molecule has 2 atom stereocenters. The summed E-state index contributed by atoms with van der Waals surface area (Å²) >= 11 is 0. The lowest BCUT2D eigenvalue weighted by Gasteiger charge is -2.58. The van der Waals surface area contributed by atoms with Gasteiger partial charge in [0, 0.05) is 6.92 Å². The summed E-state index contributed by atoms with van der Waals surface area (Å²) in [5, 5.41) is 0. The van der Waals surface area contributed by atoms with Crippen LogP contribution in [0.5, 0.6) is 0 Å². The predicted octanol–water partition coefficient (Wildman–Crippen LogP) is 4.41. The molecule has 4 bridgehead atoms. The van der Waals surface area contributed by atoms with Crippen molar-refractivity contribution in [2.75, 3.05) is 6.61 Å². The van der Waals surface area contributed by atoms with Crippen LogP contribution in [0.4, 0.5) is 8.78 Å². The zero-order valence-corrected chi connectivity index (χ0v) is 17.4. The van der Waals surface area contributed by atoms with Gasteiger partial charge < -0.3 is 14.2 Å². The van der Waals surface area contributed by atoms with Gasteiger partial charge in [0.05, 0.1) is 5.60 Å². The molecule has 5 aliphatic carbocycles. The average molecular weight is 414 g/mol. The number of rotatable bonds is 6. The molecule has 0 heterocycles. The molecule has 0 aromatic carbocycles. The van der Waals surface area contributed by atoms with Crippen LogP contribution >= 0.6 is 0 Å². The van der Waals surface area contributed by atoms with Crippen LogP contribution in [0.3, 0.4) is 0 Å². The number of alkyl halides is 2. The summed E-state index contributed by atoms with van der Waals surface area (Å²) in [5.41, 5.74) is -0.800. The zero-order valence-electron chi connectivity index (χ0n) is 17.4. The SMILES string of the molecule is CC1(OC(=O)COC23CC4CC(C2)C(OC(=O)C(C)(F)F)C(C4)C3)CCCCC1. The van der Waals surface area contributed by atoms with E-state index in [1.807, 2.05) is 6.92 Å². The molecule has 5 saturated carbocycles. The second-order valence-corrected chi connectivity index (χ2v) is 10.2. The maximum absolute atomic E-state index is 13.3. The largest absolute Gasteiger partial charge is 0.458 e. The minimum absolute atomic E-state index is 0.0273. The van der Waals surface area contributed by atoms with Crippen molar-refractivity contribution in [3.05, 3.63) is 0 Å². The van der Waals surface area contributed by atoms with Crippen molar-refractivity contribution in [2.24, 2.45) is 17.8 Å². The van der Waals surface area contributed by atoms with Crippen LogP contribution < -0.4 is 0 Å². The molecule has 5 rings (SSSR count). The Hall–Kier alpha value is -1.24. The summed E-state index contributed by atoms with van der Waals surface area (Å²) in [5.74, 6) is -4.73. The van der Waals surface area contributed by atoms with Crippen LogP contribution in [0, 0.1) is 17.8 Å². The van der Waals surface area contributed by atoms with Crippen LogP contribution in [0.15, 0.2) is 0 Å². The van der Waals surface area contributed by atoms with Crippen LogP contribution in [-0.2, 0) is 23.8 Å². The molecule has 7 heteroatoms. The number of esters is 2. The number of ether oxygens (including phenoxy) is 3. The fourth-order valence-corrected chi connectivity index (χ4v) is 6.42. The molecule has 2 unspecified atom stereocenters. The van der Waals surface area contributed by atoms with E-state index in [4.69, 9.17) is 14.2 Å². The Balaban J connectivity index is 1.34. The second-order valence-electron chi connectivity index (χ2n) is 10.2. The van der Waals surface area contributed by atoms with Gasteiger partial charge in [-0.1, -0.05) is 6.42 Å². The van der Waals surface area contributed by atoms with Gasteiger partial charge in [0.2, 0.25) is 0 Å². The van der Waals surface area contributed by atoms with Crippen LogP contribution in [0.2, 0.25) is 0 Å². The number of carbonyl (C=O) groups is 2. The molecule has 0 aromatic heterocycles. The molecule has 0 aromatic rings. The minimum Gasteiger partial charge on any atom is -0.458 e. The van der Waals surface area contributed by atoms with Crippen molar-refractivity contribution in [3.8, 4) is 0 Å². The van der Waals surface area contributed by atoms with Crippen LogP contribution in [0.25, 0.3) is 0 Å². The van der Waals surface area contributed by atoms with Crippen LogP contribution in [-0.4, -0.2) is 41.8 Å². The van der Waals surface area contributed by atoms with Crippen molar-refractivity contribution in [2.45, 2.75) is 101 Å². The van der Waals surface area contributed by atoms with Gasteiger partial charge in [0.15, 0.2) is 0 Å². The Bertz CT molecular complexity index is 636. The lowest BCUT2D eigenvalue weighted by Crippen LogP contribution is -2.59. The van der Waals surface area contributed by atoms with Crippen molar-refractivity contribution in [1.82, 2.24) is 0 Å². The molecule has 29 heavy (non-hydrogen) atoms. The lowest BCUT2D eigenvalue weighted by molar-refractivity contribution is -0.226. The molecule has 0 saturated heterocycles. The Kier molecular flexibility index (Phi) is 5.41. The maximum atomic E-state index is 13.3. The van der Waals surface area contributed by atoms with E-state index in [9.17, 15) is 18.4 Å². The van der Waals surface area contributed by atoms with Gasteiger partial charge in [0.1, 0.15) is 18.3 Å². The highest BCUT2D eigenvalue weighted by atomic mass is 19.3. The molecular weight excluding hydrogens is 382 g/mol. The summed E-state index contributed by atoms with van der Waals surface area (Å²) in [6.45, 7) is 2.50. The van der Waals surface area contributed by atoms with Gasteiger partial charge in [-0.05, 0) is 82.5 Å². The fourth-order valence-electron chi connectivity index (χ4n) is 6.42. The average Bonchev–Trinajstić information content (AvgIpc) is 2.62. The molecule has 5 nitrogen and oxygen atoms in total. The van der Waals surface area contributed by atoms with E-state index in [1.165, 1.54) is 6.42 Å². The highest BCUT2D eigenvalue weighted by Crippen LogP contribution is 2.58. The summed E-state index contributed by atoms with van der Waals surface area (Å²) < 4.78 is 43.7. The fraction of sp³-hybridized carbons (Fsp3) is 0.909. The Morgan fingerprint density at radius 2 is 1.66 bits per heavy atom. The molecule has 0 N–H and O–H groups in total. The first kappa shape index (κ1) is 21.0. The van der Waals surface area contributed by atoms with E-state index in [1.54, 1.807) is 0 Å². The molecule has 5 fully saturated rings. The zero-order chi connectivity index (χ0) is 20.9. The quantitative estimate of drug-likeness (QED) is 0.603. The van der Waals surface area contributed by atoms with Gasteiger partial charge in [-0.3, -0.25) is 0 Å². The minimum atomic E-state index is -3.47. The molecule has 0 spiro atoms. The Morgan fingerprint density at radius 3 is 2.24 bits per heavy atom. The van der Waals surface area contributed by atoms with E-state index in [-0.39, 0.29) is 30.0 Å². The first-order chi connectivity index (χ1) is 13.6. The molecule has 164 valence electrons. The number of hydrogen-bond acceptors (Lipinski definition) is 5. The third kappa shape index (κ3) is 4.44. The van der Waals surface area contributed by atoms with Crippen molar-refractivity contribution in [1.29, 1.82) is 0 Å². The van der Waals surface area contributed by atoms with Crippen molar-refractivity contribution < 1.29 is 32.6 Å². The van der Waals surface area contributed by atoms with E-state index in [0.717, 1.165) is 44.9 Å². The smallest absolute Gasteiger partial charge is 0.376 e. The third-order valence-corrected chi connectivity index (χ3v) is 7.50. The van der Waals surface area contributed by atoms with Crippen LogP contribution in [0.1, 0.15) is 78.1 Å². The summed E-state index contributed by atoms with van der Waals surface area (Å²) in [6, 6.07) is 0. The Labute approximate surface area is 170 Å². The predicted molar refractivity (Wildman–Crippen MR) is 100 cm³/mol. The maximum Gasteiger partial charge on any atom is 0.376 e.